The smallest absolute Gasteiger partial charge is 0.220 e. The second-order valence-electron chi connectivity index (χ2n) is 7.46. The fourth-order valence-corrected chi connectivity index (χ4v) is 3.63. The minimum Gasteiger partial charge on any atom is -0.355 e. The quantitative estimate of drug-likeness (QED) is 0.786. The molecule has 0 saturated carbocycles. The number of nitrogens with one attached hydrogen (secondary N) is 2. The van der Waals surface area contributed by atoms with Crippen LogP contribution in [0.4, 0.5) is 0 Å². The van der Waals surface area contributed by atoms with Crippen molar-refractivity contribution in [1.82, 2.24) is 10.6 Å². The van der Waals surface area contributed by atoms with Crippen molar-refractivity contribution < 1.29 is 4.79 Å². The van der Waals surface area contributed by atoms with Gasteiger partial charge in [-0.25, -0.2) is 0 Å². The maximum atomic E-state index is 12.3. The fraction of sp³-hybridized carbons (Fsp3) is 0.632. The lowest BCUT2D eigenvalue weighted by atomic mass is 9.83. The van der Waals surface area contributed by atoms with Crippen LogP contribution in [0.3, 0.4) is 0 Å². The van der Waals surface area contributed by atoms with Crippen molar-refractivity contribution in [3.05, 3.63) is 34.3 Å². The summed E-state index contributed by atoms with van der Waals surface area (Å²) in [6.45, 7) is 9.38. The van der Waals surface area contributed by atoms with Crippen molar-refractivity contribution in [2.75, 3.05) is 19.6 Å². The van der Waals surface area contributed by atoms with Gasteiger partial charge in [0.05, 0.1) is 0 Å². The van der Waals surface area contributed by atoms with Crippen LogP contribution in [0, 0.1) is 11.8 Å². The van der Waals surface area contributed by atoms with E-state index in [-0.39, 0.29) is 11.3 Å². The van der Waals surface area contributed by atoms with E-state index >= 15 is 0 Å². The van der Waals surface area contributed by atoms with Gasteiger partial charge in [-0.2, -0.15) is 0 Å². The molecule has 1 aliphatic heterocycles. The largest absolute Gasteiger partial charge is 0.355 e. The molecular weight excluding hydrogens is 352 g/mol. The van der Waals surface area contributed by atoms with Crippen molar-refractivity contribution in [2.24, 2.45) is 11.8 Å². The van der Waals surface area contributed by atoms with Gasteiger partial charge in [-0.05, 0) is 55.5 Å². The number of piperidine rings is 1. The molecule has 0 radical (unpaired) electrons. The highest BCUT2D eigenvalue weighted by Crippen LogP contribution is 2.26. The number of carbonyl (C=O) groups excluding carboxylic acids is 1. The summed E-state index contributed by atoms with van der Waals surface area (Å²) >= 11 is 3.52. The van der Waals surface area contributed by atoms with Crippen LogP contribution in [-0.2, 0) is 10.2 Å². The molecule has 0 aromatic heterocycles. The molecule has 2 N–H and O–H groups in total. The van der Waals surface area contributed by atoms with E-state index in [2.05, 4.69) is 59.5 Å². The van der Waals surface area contributed by atoms with Crippen molar-refractivity contribution >= 4 is 21.8 Å². The number of rotatable bonds is 6. The van der Waals surface area contributed by atoms with Gasteiger partial charge >= 0.3 is 0 Å². The summed E-state index contributed by atoms with van der Waals surface area (Å²) in [5.74, 6) is 1.25. The summed E-state index contributed by atoms with van der Waals surface area (Å²) in [5, 5.41) is 6.57. The number of halogens is 1. The van der Waals surface area contributed by atoms with Gasteiger partial charge in [-0.15, -0.1) is 0 Å². The average molecular weight is 381 g/mol. The third-order valence-electron chi connectivity index (χ3n) is 4.98. The molecule has 1 saturated heterocycles. The molecule has 0 spiro atoms. The first-order chi connectivity index (χ1) is 10.9. The number of amides is 1. The van der Waals surface area contributed by atoms with Crippen molar-refractivity contribution in [1.29, 1.82) is 0 Å². The summed E-state index contributed by atoms with van der Waals surface area (Å²) in [7, 11) is 0. The lowest BCUT2D eigenvalue weighted by molar-refractivity contribution is -0.122. The Balaban J connectivity index is 1.83. The molecule has 1 heterocycles. The Morgan fingerprint density at radius 1 is 1.48 bits per heavy atom. The predicted octanol–water partition coefficient (Wildman–Crippen LogP) is 3.87. The van der Waals surface area contributed by atoms with Gasteiger partial charge in [0.2, 0.25) is 5.91 Å². The van der Waals surface area contributed by atoms with Crippen molar-refractivity contribution in [2.45, 2.75) is 45.4 Å². The third-order valence-corrected chi connectivity index (χ3v) is 5.47. The van der Waals surface area contributed by atoms with E-state index in [1.807, 2.05) is 12.1 Å². The summed E-state index contributed by atoms with van der Waals surface area (Å²) in [5.41, 5.74) is 1.16. The lowest BCUT2D eigenvalue weighted by Crippen LogP contribution is -2.39. The summed E-state index contributed by atoms with van der Waals surface area (Å²) in [4.78, 5) is 12.3. The van der Waals surface area contributed by atoms with E-state index in [9.17, 15) is 4.79 Å². The zero-order valence-corrected chi connectivity index (χ0v) is 16.1. The number of carbonyl (C=O) groups is 1. The zero-order valence-electron chi connectivity index (χ0n) is 14.5. The van der Waals surface area contributed by atoms with Crippen LogP contribution >= 0.6 is 15.9 Å². The molecule has 2 unspecified atom stereocenters. The fourth-order valence-electron chi connectivity index (χ4n) is 3.23. The first kappa shape index (κ1) is 18.5. The first-order valence-corrected chi connectivity index (χ1v) is 9.41. The Morgan fingerprint density at radius 2 is 2.26 bits per heavy atom. The van der Waals surface area contributed by atoms with E-state index < -0.39 is 0 Å². The van der Waals surface area contributed by atoms with Gasteiger partial charge in [-0.1, -0.05) is 48.8 Å². The zero-order chi connectivity index (χ0) is 16.9. The van der Waals surface area contributed by atoms with Crippen LogP contribution in [0.25, 0.3) is 0 Å². The molecule has 1 amide bonds. The predicted molar refractivity (Wildman–Crippen MR) is 99.6 cm³/mol. The van der Waals surface area contributed by atoms with Crippen LogP contribution < -0.4 is 10.6 Å². The number of hydrogen-bond acceptors (Lipinski definition) is 2. The van der Waals surface area contributed by atoms with Gasteiger partial charge in [0, 0.05) is 22.9 Å². The molecule has 1 fully saturated rings. The highest BCUT2D eigenvalue weighted by Gasteiger charge is 2.24. The Kier molecular flexibility index (Phi) is 6.66. The second-order valence-corrected chi connectivity index (χ2v) is 8.37. The highest BCUT2D eigenvalue weighted by atomic mass is 79.9. The Morgan fingerprint density at radius 3 is 2.91 bits per heavy atom. The van der Waals surface area contributed by atoms with Gasteiger partial charge in [0.15, 0.2) is 0 Å². The van der Waals surface area contributed by atoms with Crippen LogP contribution in [0.1, 0.15) is 45.6 Å². The monoisotopic (exact) mass is 380 g/mol. The molecule has 1 aliphatic rings. The summed E-state index contributed by atoms with van der Waals surface area (Å²) in [6, 6.07) is 8.31. The summed E-state index contributed by atoms with van der Waals surface area (Å²) in [6.07, 6.45) is 3.10. The van der Waals surface area contributed by atoms with E-state index in [0.717, 1.165) is 17.6 Å². The number of benzene rings is 1. The topological polar surface area (TPSA) is 41.1 Å². The van der Waals surface area contributed by atoms with Gasteiger partial charge in [-0.3, -0.25) is 4.79 Å². The molecular formula is C19H29BrN2O. The minimum atomic E-state index is -0.0743. The van der Waals surface area contributed by atoms with E-state index in [4.69, 9.17) is 0 Å². The molecule has 23 heavy (non-hydrogen) atoms. The second kappa shape index (κ2) is 8.29. The average Bonchev–Trinajstić information content (AvgIpc) is 2.54. The van der Waals surface area contributed by atoms with Crippen molar-refractivity contribution in [3.8, 4) is 0 Å². The van der Waals surface area contributed by atoms with E-state index in [0.29, 0.717) is 24.8 Å². The Labute approximate surface area is 148 Å². The molecule has 4 heteroatoms. The van der Waals surface area contributed by atoms with Crippen molar-refractivity contribution in [3.63, 3.8) is 0 Å². The molecule has 0 aliphatic carbocycles. The minimum absolute atomic E-state index is 0.0743. The Bertz CT molecular complexity index is 524. The van der Waals surface area contributed by atoms with Gasteiger partial charge in [0.1, 0.15) is 0 Å². The molecule has 1 aromatic rings. The van der Waals surface area contributed by atoms with Gasteiger partial charge in [0.25, 0.3) is 0 Å². The Hall–Kier alpha value is -0.870. The van der Waals surface area contributed by atoms with Gasteiger partial charge < -0.3 is 10.6 Å². The van der Waals surface area contributed by atoms with Crippen LogP contribution in [0.15, 0.2) is 28.7 Å². The molecule has 2 rings (SSSR count). The van der Waals surface area contributed by atoms with Crippen LogP contribution in [-0.4, -0.2) is 25.5 Å². The standard InChI is InChI=1S/C19H29BrN2O/c1-14(15-6-5-9-21-12-15)10-18(23)22-13-19(2,3)16-7-4-8-17(20)11-16/h4,7-8,11,14-15,21H,5-6,9-10,12-13H2,1-3H3,(H,22,23). The summed E-state index contributed by atoms with van der Waals surface area (Å²) < 4.78 is 1.08. The van der Waals surface area contributed by atoms with Crippen LogP contribution in [0.2, 0.25) is 0 Å². The van der Waals surface area contributed by atoms with E-state index in [1.165, 1.54) is 18.4 Å². The lowest BCUT2D eigenvalue weighted by Gasteiger charge is -2.29. The number of hydrogen-bond donors (Lipinski definition) is 2. The first-order valence-electron chi connectivity index (χ1n) is 8.62. The highest BCUT2D eigenvalue weighted by molar-refractivity contribution is 9.10. The molecule has 1 aromatic carbocycles. The molecule has 0 bridgehead atoms. The third kappa shape index (κ3) is 5.61. The molecule has 2 atom stereocenters. The maximum Gasteiger partial charge on any atom is 0.220 e. The SMILES string of the molecule is CC(CC(=O)NCC(C)(C)c1cccc(Br)c1)C1CCCNC1. The van der Waals surface area contributed by atoms with Crippen LogP contribution in [0.5, 0.6) is 0 Å². The molecule has 3 nitrogen and oxygen atoms in total. The maximum absolute atomic E-state index is 12.3. The normalized spacial score (nSPS) is 20.1. The molecule has 128 valence electrons. The van der Waals surface area contributed by atoms with E-state index in [1.54, 1.807) is 0 Å².